The van der Waals surface area contributed by atoms with Gasteiger partial charge in [-0.1, -0.05) is 0 Å². The van der Waals surface area contributed by atoms with Crippen LogP contribution in [0.4, 0.5) is 0 Å². The van der Waals surface area contributed by atoms with E-state index in [1.54, 1.807) is 18.4 Å². The fraction of sp³-hybridized carbons (Fsp3) is 0.692. The maximum absolute atomic E-state index is 5.36. The Morgan fingerprint density at radius 2 is 2.41 bits per heavy atom. The SMILES string of the molecule is CNCC(COC)N(Cc1ccsc1)C1CC1. The van der Waals surface area contributed by atoms with Crippen LogP contribution in [0.2, 0.25) is 0 Å². The lowest BCUT2D eigenvalue weighted by Gasteiger charge is -2.31. The highest BCUT2D eigenvalue weighted by atomic mass is 32.1. The Bertz CT molecular complexity index is 305. The van der Waals surface area contributed by atoms with Gasteiger partial charge in [0.25, 0.3) is 0 Å². The van der Waals surface area contributed by atoms with Crippen LogP contribution in [0.1, 0.15) is 18.4 Å². The fourth-order valence-corrected chi connectivity index (χ4v) is 2.92. The van der Waals surface area contributed by atoms with Crippen molar-refractivity contribution in [1.82, 2.24) is 10.2 Å². The van der Waals surface area contributed by atoms with E-state index in [4.69, 9.17) is 4.74 Å². The molecule has 3 nitrogen and oxygen atoms in total. The molecule has 1 aliphatic rings. The largest absolute Gasteiger partial charge is 0.383 e. The average molecular weight is 254 g/mol. The molecule has 0 aromatic carbocycles. The third kappa shape index (κ3) is 3.78. The minimum atomic E-state index is 0.484. The summed E-state index contributed by atoms with van der Waals surface area (Å²) in [5.41, 5.74) is 1.43. The first-order valence-corrected chi connectivity index (χ1v) is 7.19. The molecule has 17 heavy (non-hydrogen) atoms. The molecular weight excluding hydrogens is 232 g/mol. The van der Waals surface area contributed by atoms with Crippen molar-refractivity contribution in [2.45, 2.75) is 31.5 Å². The Morgan fingerprint density at radius 3 is 2.94 bits per heavy atom. The monoisotopic (exact) mass is 254 g/mol. The Morgan fingerprint density at radius 1 is 1.59 bits per heavy atom. The van der Waals surface area contributed by atoms with Gasteiger partial charge in [-0.15, -0.1) is 0 Å². The number of methoxy groups -OCH3 is 1. The molecule has 0 spiro atoms. The molecule has 0 saturated heterocycles. The van der Waals surface area contributed by atoms with E-state index in [0.29, 0.717) is 6.04 Å². The zero-order valence-corrected chi connectivity index (χ0v) is 11.5. The normalized spacial score (nSPS) is 17.6. The molecule has 0 radical (unpaired) electrons. The summed E-state index contributed by atoms with van der Waals surface area (Å²) in [7, 11) is 3.80. The van der Waals surface area contributed by atoms with Gasteiger partial charge in [0.2, 0.25) is 0 Å². The molecule has 1 atom stereocenters. The lowest BCUT2D eigenvalue weighted by atomic mass is 10.2. The van der Waals surface area contributed by atoms with Crippen molar-refractivity contribution in [3.63, 3.8) is 0 Å². The second-order valence-corrected chi connectivity index (χ2v) is 5.48. The van der Waals surface area contributed by atoms with E-state index < -0.39 is 0 Å². The van der Waals surface area contributed by atoms with E-state index in [9.17, 15) is 0 Å². The standard InChI is InChI=1S/C13H22N2OS/c1-14-7-13(9-16-2)15(12-3-4-12)8-11-5-6-17-10-11/h5-6,10,12-14H,3-4,7-9H2,1-2H3. The zero-order valence-electron chi connectivity index (χ0n) is 10.7. The van der Waals surface area contributed by atoms with Crippen LogP contribution in [-0.4, -0.2) is 44.3 Å². The molecule has 0 amide bonds. The number of likely N-dealkylation sites (N-methyl/N-ethyl adjacent to an activating group) is 1. The van der Waals surface area contributed by atoms with Crippen molar-refractivity contribution < 1.29 is 4.74 Å². The molecule has 1 unspecified atom stereocenters. The molecular formula is C13H22N2OS. The van der Waals surface area contributed by atoms with Gasteiger partial charge in [-0.05, 0) is 42.3 Å². The van der Waals surface area contributed by atoms with Gasteiger partial charge in [-0.3, -0.25) is 4.90 Å². The van der Waals surface area contributed by atoms with Crippen molar-refractivity contribution in [3.05, 3.63) is 22.4 Å². The fourth-order valence-electron chi connectivity index (χ4n) is 2.26. The summed E-state index contributed by atoms with van der Waals surface area (Å²) in [4.78, 5) is 2.60. The predicted octanol–water partition coefficient (Wildman–Crippen LogP) is 1.95. The van der Waals surface area contributed by atoms with Gasteiger partial charge in [0, 0.05) is 32.3 Å². The first-order valence-electron chi connectivity index (χ1n) is 6.25. The molecule has 1 N–H and O–H groups in total. The third-order valence-electron chi connectivity index (χ3n) is 3.23. The Hall–Kier alpha value is -0.420. The minimum Gasteiger partial charge on any atom is -0.383 e. The molecule has 0 aliphatic heterocycles. The third-order valence-corrected chi connectivity index (χ3v) is 3.96. The van der Waals surface area contributed by atoms with Crippen LogP contribution in [-0.2, 0) is 11.3 Å². The molecule has 1 aromatic rings. The summed E-state index contributed by atoms with van der Waals surface area (Å²) < 4.78 is 5.36. The van der Waals surface area contributed by atoms with Crippen molar-refractivity contribution in [2.24, 2.45) is 0 Å². The summed E-state index contributed by atoms with van der Waals surface area (Å²) in [6, 6.07) is 3.48. The van der Waals surface area contributed by atoms with Crippen LogP contribution in [0, 0.1) is 0 Å². The van der Waals surface area contributed by atoms with E-state index in [1.165, 1.54) is 18.4 Å². The summed E-state index contributed by atoms with van der Waals surface area (Å²) in [5, 5.41) is 7.68. The van der Waals surface area contributed by atoms with Crippen molar-refractivity contribution in [1.29, 1.82) is 0 Å². The van der Waals surface area contributed by atoms with E-state index in [2.05, 4.69) is 27.0 Å². The number of hydrogen-bond acceptors (Lipinski definition) is 4. The highest BCUT2D eigenvalue weighted by molar-refractivity contribution is 7.07. The summed E-state index contributed by atoms with van der Waals surface area (Å²) in [5.74, 6) is 0. The van der Waals surface area contributed by atoms with Crippen LogP contribution in [0.15, 0.2) is 16.8 Å². The number of ether oxygens (including phenoxy) is 1. The Labute approximate surface area is 108 Å². The molecule has 96 valence electrons. The number of thiophene rings is 1. The second kappa shape index (κ2) is 6.50. The number of nitrogens with one attached hydrogen (secondary N) is 1. The number of rotatable bonds is 8. The van der Waals surface area contributed by atoms with Gasteiger partial charge in [0.15, 0.2) is 0 Å². The van der Waals surface area contributed by atoms with Crippen LogP contribution in [0.5, 0.6) is 0 Å². The summed E-state index contributed by atoms with van der Waals surface area (Å²) >= 11 is 1.78. The van der Waals surface area contributed by atoms with Crippen LogP contribution in [0.3, 0.4) is 0 Å². The maximum Gasteiger partial charge on any atom is 0.0630 e. The molecule has 1 aliphatic carbocycles. The van der Waals surface area contributed by atoms with E-state index >= 15 is 0 Å². The highest BCUT2D eigenvalue weighted by Crippen LogP contribution is 2.30. The molecule has 1 aromatic heterocycles. The average Bonchev–Trinajstić information content (AvgIpc) is 3.04. The number of nitrogens with zero attached hydrogens (tertiary/aromatic N) is 1. The zero-order chi connectivity index (χ0) is 12.1. The lowest BCUT2D eigenvalue weighted by Crippen LogP contribution is -2.45. The van der Waals surface area contributed by atoms with Gasteiger partial charge in [-0.25, -0.2) is 0 Å². The first-order chi connectivity index (χ1) is 8.35. The van der Waals surface area contributed by atoms with Crippen molar-refractivity contribution in [3.8, 4) is 0 Å². The van der Waals surface area contributed by atoms with Crippen LogP contribution >= 0.6 is 11.3 Å². The predicted molar refractivity (Wildman–Crippen MR) is 72.5 cm³/mol. The maximum atomic E-state index is 5.36. The first kappa shape index (κ1) is 13.0. The molecule has 1 heterocycles. The van der Waals surface area contributed by atoms with Gasteiger partial charge >= 0.3 is 0 Å². The summed E-state index contributed by atoms with van der Waals surface area (Å²) in [6.45, 7) is 2.86. The topological polar surface area (TPSA) is 24.5 Å². The lowest BCUT2D eigenvalue weighted by molar-refractivity contribution is 0.0799. The second-order valence-electron chi connectivity index (χ2n) is 4.70. The van der Waals surface area contributed by atoms with E-state index in [0.717, 1.165) is 25.7 Å². The number of hydrogen-bond donors (Lipinski definition) is 1. The van der Waals surface area contributed by atoms with Gasteiger partial charge in [0.1, 0.15) is 0 Å². The Balaban J connectivity index is 1.98. The highest BCUT2D eigenvalue weighted by Gasteiger charge is 2.33. The van der Waals surface area contributed by atoms with E-state index in [-0.39, 0.29) is 0 Å². The molecule has 4 heteroatoms. The molecule has 0 bridgehead atoms. The van der Waals surface area contributed by atoms with Crippen LogP contribution in [0.25, 0.3) is 0 Å². The van der Waals surface area contributed by atoms with E-state index in [1.807, 2.05) is 7.05 Å². The quantitative estimate of drug-likeness (QED) is 0.767. The van der Waals surface area contributed by atoms with Crippen LogP contribution < -0.4 is 5.32 Å². The van der Waals surface area contributed by atoms with Crippen molar-refractivity contribution >= 4 is 11.3 Å². The summed E-state index contributed by atoms with van der Waals surface area (Å²) in [6.07, 6.45) is 2.68. The Kier molecular flexibility index (Phi) is 4.98. The smallest absolute Gasteiger partial charge is 0.0630 e. The molecule has 1 fully saturated rings. The van der Waals surface area contributed by atoms with Crippen molar-refractivity contribution in [2.75, 3.05) is 27.3 Å². The van der Waals surface area contributed by atoms with Gasteiger partial charge in [-0.2, -0.15) is 11.3 Å². The molecule has 1 saturated carbocycles. The minimum absolute atomic E-state index is 0.484. The van der Waals surface area contributed by atoms with Gasteiger partial charge < -0.3 is 10.1 Å². The molecule has 2 rings (SSSR count). The van der Waals surface area contributed by atoms with Gasteiger partial charge in [0.05, 0.1) is 6.61 Å².